The highest BCUT2D eigenvalue weighted by molar-refractivity contribution is 6.30. The van der Waals surface area contributed by atoms with Gasteiger partial charge in [-0.25, -0.2) is 4.79 Å². The summed E-state index contributed by atoms with van der Waals surface area (Å²) in [7, 11) is 0. The van der Waals surface area contributed by atoms with E-state index in [9.17, 15) is 9.59 Å². The number of hydrogen-bond donors (Lipinski definition) is 2. The molecule has 1 saturated carbocycles. The highest BCUT2D eigenvalue weighted by Gasteiger charge is 2.28. The fourth-order valence-corrected chi connectivity index (χ4v) is 2.68. The first-order valence-electron chi connectivity index (χ1n) is 6.61. The molecule has 20 heavy (non-hydrogen) atoms. The van der Waals surface area contributed by atoms with Crippen molar-refractivity contribution in [1.29, 1.82) is 0 Å². The maximum Gasteiger partial charge on any atom is 0.323 e. The molecule has 0 spiro atoms. The predicted molar refractivity (Wildman–Crippen MR) is 77.1 cm³/mol. The summed E-state index contributed by atoms with van der Waals surface area (Å²) < 4.78 is 0. The van der Waals surface area contributed by atoms with Gasteiger partial charge in [0.15, 0.2) is 0 Å². The molecule has 0 atom stereocenters. The third-order valence-electron chi connectivity index (χ3n) is 3.41. The number of anilines is 1. The number of aliphatic carboxylic acids is 1. The Balaban J connectivity index is 2.07. The number of nitrogens with one attached hydrogen (secondary N) is 1. The molecular formula is C14H17ClN2O3. The molecule has 6 heteroatoms. The maximum absolute atomic E-state index is 12.3. The summed E-state index contributed by atoms with van der Waals surface area (Å²) in [4.78, 5) is 24.6. The van der Waals surface area contributed by atoms with Crippen molar-refractivity contribution < 1.29 is 14.7 Å². The Morgan fingerprint density at radius 3 is 2.65 bits per heavy atom. The van der Waals surface area contributed by atoms with Crippen LogP contribution >= 0.6 is 11.6 Å². The van der Waals surface area contributed by atoms with Crippen LogP contribution in [-0.2, 0) is 4.79 Å². The maximum atomic E-state index is 12.3. The van der Waals surface area contributed by atoms with E-state index in [1.807, 2.05) is 0 Å². The highest BCUT2D eigenvalue weighted by Crippen LogP contribution is 2.24. The average Bonchev–Trinajstić information content (AvgIpc) is 2.89. The summed E-state index contributed by atoms with van der Waals surface area (Å²) in [6.45, 7) is -0.281. The summed E-state index contributed by atoms with van der Waals surface area (Å²) in [5.74, 6) is -1.00. The van der Waals surface area contributed by atoms with Gasteiger partial charge >= 0.3 is 12.0 Å². The number of urea groups is 1. The van der Waals surface area contributed by atoms with E-state index in [-0.39, 0.29) is 18.6 Å². The van der Waals surface area contributed by atoms with Crippen LogP contribution in [-0.4, -0.2) is 34.6 Å². The second-order valence-corrected chi connectivity index (χ2v) is 5.34. The highest BCUT2D eigenvalue weighted by atomic mass is 35.5. The van der Waals surface area contributed by atoms with E-state index in [0.717, 1.165) is 25.7 Å². The Morgan fingerprint density at radius 1 is 1.35 bits per heavy atom. The van der Waals surface area contributed by atoms with Gasteiger partial charge in [0, 0.05) is 16.8 Å². The smallest absolute Gasteiger partial charge is 0.323 e. The molecular weight excluding hydrogens is 280 g/mol. The number of halogens is 1. The largest absolute Gasteiger partial charge is 0.480 e. The molecule has 2 N–H and O–H groups in total. The van der Waals surface area contributed by atoms with Crippen LogP contribution in [0.5, 0.6) is 0 Å². The molecule has 1 aromatic carbocycles. The first-order valence-corrected chi connectivity index (χ1v) is 6.99. The van der Waals surface area contributed by atoms with Crippen LogP contribution in [0.2, 0.25) is 5.02 Å². The summed E-state index contributed by atoms with van der Waals surface area (Å²) in [6.07, 6.45) is 3.78. The molecule has 0 aromatic heterocycles. The Bertz CT molecular complexity index is 501. The van der Waals surface area contributed by atoms with Gasteiger partial charge in [-0.15, -0.1) is 0 Å². The van der Waals surface area contributed by atoms with Gasteiger partial charge in [0.2, 0.25) is 0 Å². The molecule has 1 aliphatic rings. The molecule has 0 heterocycles. The van der Waals surface area contributed by atoms with Gasteiger partial charge in [0.05, 0.1) is 0 Å². The third kappa shape index (κ3) is 3.87. The first kappa shape index (κ1) is 14.7. The molecule has 0 saturated heterocycles. The molecule has 5 nitrogen and oxygen atoms in total. The normalized spacial score (nSPS) is 15.1. The molecule has 1 aromatic rings. The fraction of sp³-hybridized carbons (Fsp3) is 0.429. The van der Waals surface area contributed by atoms with Crippen LogP contribution in [0.3, 0.4) is 0 Å². The first-order chi connectivity index (χ1) is 9.56. The van der Waals surface area contributed by atoms with E-state index in [2.05, 4.69) is 5.32 Å². The van der Waals surface area contributed by atoms with Crippen molar-refractivity contribution in [2.75, 3.05) is 11.9 Å². The van der Waals surface area contributed by atoms with Gasteiger partial charge in [0.25, 0.3) is 0 Å². The summed E-state index contributed by atoms with van der Waals surface area (Å²) in [6, 6.07) is 6.41. The van der Waals surface area contributed by atoms with Crippen molar-refractivity contribution >= 4 is 29.3 Å². The van der Waals surface area contributed by atoms with Gasteiger partial charge in [-0.2, -0.15) is 0 Å². The molecule has 108 valence electrons. The molecule has 2 rings (SSSR count). The predicted octanol–water partition coefficient (Wildman–Crippen LogP) is 3.20. The Labute approximate surface area is 122 Å². The van der Waals surface area contributed by atoms with E-state index in [1.54, 1.807) is 24.3 Å². The van der Waals surface area contributed by atoms with Gasteiger partial charge < -0.3 is 15.3 Å². The number of rotatable bonds is 4. The molecule has 0 aliphatic heterocycles. The van der Waals surface area contributed by atoms with Crippen molar-refractivity contribution in [3.63, 3.8) is 0 Å². The van der Waals surface area contributed by atoms with Crippen LogP contribution in [0, 0.1) is 0 Å². The molecule has 1 aliphatic carbocycles. The molecule has 1 fully saturated rings. The van der Waals surface area contributed by atoms with Crippen LogP contribution in [0.15, 0.2) is 24.3 Å². The van der Waals surface area contributed by atoms with Crippen LogP contribution in [0.1, 0.15) is 25.7 Å². The number of carboxylic acid groups (broad SMARTS) is 1. The third-order valence-corrected chi connectivity index (χ3v) is 3.64. The Kier molecular flexibility index (Phi) is 4.84. The van der Waals surface area contributed by atoms with Crippen molar-refractivity contribution in [2.24, 2.45) is 0 Å². The molecule has 2 amide bonds. The fourth-order valence-electron chi connectivity index (χ4n) is 2.49. The summed E-state index contributed by atoms with van der Waals surface area (Å²) in [5.41, 5.74) is 0.566. The lowest BCUT2D eigenvalue weighted by atomic mass is 10.2. The van der Waals surface area contributed by atoms with E-state index in [1.165, 1.54) is 4.90 Å². The summed E-state index contributed by atoms with van der Waals surface area (Å²) in [5, 5.41) is 12.2. The zero-order valence-corrected chi connectivity index (χ0v) is 11.8. The second-order valence-electron chi connectivity index (χ2n) is 4.90. The van der Waals surface area contributed by atoms with Crippen molar-refractivity contribution in [2.45, 2.75) is 31.7 Å². The zero-order chi connectivity index (χ0) is 14.5. The van der Waals surface area contributed by atoms with Gasteiger partial charge in [0.1, 0.15) is 6.54 Å². The number of carbonyl (C=O) groups is 2. The van der Waals surface area contributed by atoms with Crippen LogP contribution in [0.4, 0.5) is 10.5 Å². The zero-order valence-electron chi connectivity index (χ0n) is 11.0. The number of nitrogens with zero attached hydrogens (tertiary/aromatic N) is 1. The van der Waals surface area contributed by atoms with Gasteiger partial charge in [-0.3, -0.25) is 4.79 Å². The standard InChI is InChI=1S/C14H17ClN2O3/c15-10-4-3-5-11(8-10)16-14(20)17(9-13(18)19)12-6-1-2-7-12/h3-5,8,12H,1-2,6-7,9H2,(H,16,20)(H,18,19). The van der Waals surface area contributed by atoms with E-state index < -0.39 is 5.97 Å². The Morgan fingerprint density at radius 2 is 2.05 bits per heavy atom. The van der Waals surface area contributed by atoms with Crippen molar-refractivity contribution in [3.05, 3.63) is 29.3 Å². The average molecular weight is 297 g/mol. The monoisotopic (exact) mass is 296 g/mol. The van der Waals surface area contributed by atoms with Crippen LogP contribution < -0.4 is 5.32 Å². The van der Waals surface area contributed by atoms with E-state index in [0.29, 0.717) is 10.7 Å². The lowest BCUT2D eigenvalue weighted by Crippen LogP contribution is -2.44. The van der Waals surface area contributed by atoms with Gasteiger partial charge in [-0.1, -0.05) is 30.5 Å². The molecule has 0 unspecified atom stereocenters. The summed E-state index contributed by atoms with van der Waals surface area (Å²) >= 11 is 5.86. The lowest BCUT2D eigenvalue weighted by molar-refractivity contribution is -0.138. The van der Waals surface area contributed by atoms with Crippen LogP contribution in [0.25, 0.3) is 0 Å². The quantitative estimate of drug-likeness (QED) is 0.896. The lowest BCUT2D eigenvalue weighted by Gasteiger charge is -2.27. The Hall–Kier alpha value is -1.75. The van der Waals surface area contributed by atoms with Gasteiger partial charge in [-0.05, 0) is 31.0 Å². The van der Waals surface area contributed by atoms with Crippen molar-refractivity contribution in [1.82, 2.24) is 4.90 Å². The topological polar surface area (TPSA) is 69.6 Å². The second kappa shape index (κ2) is 6.61. The number of carboxylic acids is 1. The molecule has 0 bridgehead atoms. The number of carbonyl (C=O) groups excluding carboxylic acids is 1. The van der Waals surface area contributed by atoms with Crippen molar-refractivity contribution in [3.8, 4) is 0 Å². The minimum atomic E-state index is -1.00. The minimum absolute atomic E-state index is 0.00489. The van der Waals surface area contributed by atoms with E-state index >= 15 is 0 Å². The van der Waals surface area contributed by atoms with E-state index in [4.69, 9.17) is 16.7 Å². The molecule has 0 radical (unpaired) electrons. The number of amides is 2. The minimum Gasteiger partial charge on any atom is -0.480 e. The SMILES string of the molecule is O=C(O)CN(C(=O)Nc1cccc(Cl)c1)C1CCCC1. The number of hydrogen-bond acceptors (Lipinski definition) is 2. The number of benzene rings is 1.